The van der Waals surface area contributed by atoms with Crippen LogP contribution in [-0.4, -0.2) is 9.85 Å². The number of nitrogens with two attached hydrogens (primary N) is 1. The lowest BCUT2D eigenvalue weighted by Crippen LogP contribution is -1.97. The van der Waals surface area contributed by atoms with E-state index in [2.05, 4.69) is 0 Å². The molecule has 2 N–H and O–H groups in total. The second kappa shape index (κ2) is 5.22. The predicted octanol–water partition coefficient (Wildman–Crippen LogP) is 2.88. The van der Waals surface area contributed by atoms with Crippen LogP contribution in [0.1, 0.15) is 0 Å². The highest BCUT2D eigenvalue weighted by Crippen LogP contribution is 2.33. The fourth-order valence-electron chi connectivity index (χ4n) is 1.57. The van der Waals surface area contributed by atoms with E-state index < -0.39 is 9.85 Å². The van der Waals surface area contributed by atoms with E-state index in [1.54, 1.807) is 6.07 Å². The molecule has 0 aliphatic heterocycles. The number of nitrogen functional groups attached to an aromatic ring is 1. The number of benzene rings is 2. The van der Waals surface area contributed by atoms with E-state index in [1.165, 1.54) is 30.3 Å². The lowest BCUT2D eigenvalue weighted by Gasteiger charge is -2.06. The zero-order valence-electron chi connectivity index (χ0n) is 10.1. The minimum atomic E-state index is -0.651. The first-order chi connectivity index (χ1) is 9.49. The second-order valence-corrected chi connectivity index (χ2v) is 3.80. The summed E-state index contributed by atoms with van der Waals surface area (Å²) in [5, 5.41) is 21.6. The van der Waals surface area contributed by atoms with E-state index in [0.717, 1.165) is 6.07 Å². The fourth-order valence-corrected chi connectivity index (χ4v) is 1.57. The summed E-state index contributed by atoms with van der Waals surface area (Å²) in [6, 6.07) is 9.57. The van der Waals surface area contributed by atoms with Gasteiger partial charge in [-0.05, 0) is 18.2 Å². The van der Waals surface area contributed by atoms with E-state index in [-0.39, 0.29) is 28.6 Å². The Morgan fingerprint density at radius 1 is 0.950 bits per heavy atom. The highest BCUT2D eigenvalue weighted by Gasteiger charge is 2.17. The van der Waals surface area contributed by atoms with Crippen LogP contribution in [0.2, 0.25) is 0 Å². The van der Waals surface area contributed by atoms with Crippen LogP contribution in [0.4, 0.5) is 17.1 Å². The number of nitro benzene ring substituents is 2. The number of nitro groups is 2. The molecule has 0 spiro atoms. The summed E-state index contributed by atoms with van der Waals surface area (Å²) in [7, 11) is 0. The largest absolute Gasteiger partial charge is 0.450 e. The molecule has 0 unspecified atom stereocenters. The van der Waals surface area contributed by atoms with Crippen molar-refractivity contribution in [2.75, 3.05) is 5.73 Å². The molecular weight excluding hydrogens is 266 g/mol. The van der Waals surface area contributed by atoms with Crippen molar-refractivity contribution in [3.8, 4) is 11.5 Å². The van der Waals surface area contributed by atoms with Crippen molar-refractivity contribution in [2.45, 2.75) is 0 Å². The third-order valence-electron chi connectivity index (χ3n) is 2.49. The summed E-state index contributed by atoms with van der Waals surface area (Å²) in [5.41, 5.74) is 4.90. The Bertz CT molecular complexity index is 687. The topological polar surface area (TPSA) is 122 Å². The first-order valence-electron chi connectivity index (χ1n) is 5.44. The van der Waals surface area contributed by atoms with Crippen LogP contribution in [0, 0.1) is 20.2 Å². The Kier molecular flexibility index (Phi) is 3.47. The minimum absolute atomic E-state index is 0.00318. The minimum Gasteiger partial charge on any atom is -0.450 e. The number of anilines is 1. The fraction of sp³-hybridized carbons (Fsp3) is 0. The number of para-hydroxylation sites is 2. The van der Waals surface area contributed by atoms with E-state index in [1.807, 2.05) is 0 Å². The summed E-state index contributed by atoms with van der Waals surface area (Å²) >= 11 is 0. The molecule has 0 saturated carbocycles. The molecule has 0 aliphatic rings. The van der Waals surface area contributed by atoms with Gasteiger partial charge in [-0.15, -0.1) is 0 Å². The van der Waals surface area contributed by atoms with Gasteiger partial charge in [0.25, 0.3) is 5.69 Å². The first-order valence-corrected chi connectivity index (χ1v) is 5.44. The van der Waals surface area contributed by atoms with Gasteiger partial charge in [0.05, 0.1) is 15.9 Å². The zero-order chi connectivity index (χ0) is 14.7. The molecule has 0 aromatic heterocycles. The van der Waals surface area contributed by atoms with Gasteiger partial charge in [0, 0.05) is 6.07 Å². The van der Waals surface area contributed by atoms with Gasteiger partial charge in [0.2, 0.25) is 5.75 Å². The molecule has 0 aliphatic carbocycles. The van der Waals surface area contributed by atoms with Crippen LogP contribution in [-0.2, 0) is 0 Å². The molecule has 0 saturated heterocycles. The van der Waals surface area contributed by atoms with Crippen molar-refractivity contribution in [1.29, 1.82) is 0 Å². The smallest absolute Gasteiger partial charge is 0.311 e. The number of nitrogens with zero attached hydrogens (tertiary/aromatic N) is 2. The highest BCUT2D eigenvalue weighted by molar-refractivity contribution is 5.61. The third kappa shape index (κ3) is 2.64. The summed E-state index contributed by atoms with van der Waals surface area (Å²) in [6.07, 6.45) is 0. The molecule has 8 nitrogen and oxygen atoms in total. The lowest BCUT2D eigenvalue weighted by atomic mass is 10.2. The number of hydrogen-bond donors (Lipinski definition) is 1. The summed E-state index contributed by atoms with van der Waals surface area (Å²) < 4.78 is 5.31. The maximum atomic E-state index is 10.8. The van der Waals surface area contributed by atoms with Gasteiger partial charge in [-0.25, -0.2) is 0 Å². The lowest BCUT2D eigenvalue weighted by molar-refractivity contribution is -0.385. The maximum Gasteiger partial charge on any atom is 0.311 e. The zero-order valence-corrected chi connectivity index (χ0v) is 10.1. The van der Waals surface area contributed by atoms with Crippen molar-refractivity contribution in [3.05, 3.63) is 62.7 Å². The molecule has 8 heteroatoms. The van der Waals surface area contributed by atoms with Gasteiger partial charge >= 0.3 is 5.69 Å². The molecule has 0 amide bonds. The Hall–Kier alpha value is -3.16. The van der Waals surface area contributed by atoms with Gasteiger partial charge in [-0.3, -0.25) is 20.2 Å². The molecule has 20 heavy (non-hydrogen) atoms. The van der Waals surface area contributed by atoms with Crippen molar-refractivity contribution in [2.24, 2.45) is 0 Å². The predicted molar refractivity (Wildman–Crippen MR) is 70.7 cm³/mol. The van der Waals surface area contributed by atoms with Gasteiger partial charge in [0.1, 0.15) is 11.4 Å². The molecule has 0 atom stereocenters. The number of ether oxygens (including phenoxy) is 1. The SMILES string of the molecule is Nc1ccc(Oc2ccccc2[N+](=O)[O-])cc1[N+](=O)[O-]. The molecule has 2 aromatic carbocycles. The first kappa shape index (κ1) is 13.3. The average molecular weight is 275 g/mol. The molecule has 0 radical (unpaired) electrons. The molecule has 2 rings (SSSR count). The van der Waals surface area contributed by atoms with Crippen LogP contribution in [0.25, 0.3) is 0 Å². The average Bonchev–Trinajstić information content (AvgIpc) is 2.41. The molecule has 102 valence electrons. The van der Waals surface area contributed by atoms with Gasteiger partial charge < -0.3 is 10.5 Å². The quantitative estimate of drug-likeness (QED) is 0.520. The van der Waals surface area contributed by atoms with Gasteiger partial charge in [-0.2, -0.15) is 0 Å². The van der Waals surface area contributed by atoms with E-state index >= 15 is 0 Å². The van der Waals surface area contributed by atoms with Crippen molar-refractivity contribution >= 4 is 17.1 Å². The third-order valence-corrected chi connectivity index (χ3v) is 2.49. The summed E-state index contributed by atoms with van der Waals surface area (Å²) in [6.45, 7) is 0. The van der Waals surface area contributed by atoms with E-state index in [9.17, 15) is 20.2 Å². The van der Waals surface area contributed by atoms with Crippen LogP contribution >= 0.6 is 0 Å². The van der Waals surface area contributed by atoms with Gasteiger partial charge in [-0.1, -0.05) is 12.1 Å². The van der Waals surface area contributed by atoms with Crippen molar-refractivity contribution < 1.29 is 14.6 Å². The molecule has 2 aromatic rings. The van der Waals surface area contributed by atoms with E-state index in [4.69, 9.17) is 10.5 Å². The van der Waals surface area contributed by atoms with Crippen LogP contribution < -0.4 is 10.5 Å². The number of rotatable bonds is 4. The highest BCUT2D eigenvalue weighted by atomic mass is 16.6. The summed E-state index contributed by atoms with van der Waals surface area (Å²) in [4.78, 5) is 20.4. The number of hydrogen-bond acceptors (Lipinski definition) is 6. The summed E-state index contributed by atoms with van der Waals surface area (Å²) in [5.74, 6) is 0.0942. The van der Waals surface area contributed by atoms with Crippen molar-refractivity contribution in [1.82, 2.24) is 0 Å². The molecule has 0 fully saturated rings. The Morgan fingerprint density at radius 2 is 1.60 bits per heavy atom. The standard InChI is InChI=1S/C12H9N3O5/c13-9-6-5-8(7-11(9)15(18)19)20-12-4-2-1-3-10(12)14(16)17/h1-7H,13H2. The monoisotopic (exact) mass is 275 g/mol. The van der Waals surface area contributed by atoms with E-state index in [0.29, 0.717) is 0 Å². The molecule has 0 heterocycles. The Balaban J connectivity index is 2.38. The Morgan fingerprint density at radius 3 is 2.25 bits per heavy atom. The second-order valence-electron chi connectivity index (χ2n) is 3.80. The molecular formula is C12H9N3O5. The van der Waals surface area contributed by atoms with Crippen LogP contribution in [0.3, 0.4) is 0 Å². The van der Waals surface area contributed by atoms with Crippen LogP contribution in [0.5, 0.6) is 11.5 Å². The maximum absolute atomic E-state index is 10.8. The Labute approximate surface area is 112 Å². The van der Waals surface area contributed by atoms with Crippen LogP contribution in [0.15, 0.2) is 42.5 Å². The normalized spacial score (nSPS) is 10.0. The van der Waals surface area contributed by atoms with Gasteiger partial charge in [0.15, 0.2) is 0 Å². The molecule has 0 bridgehead atoms. The van der Waals surface area contributed by atoms with Crippen molar-refractivity contribution in [3.63, 3.8) is 0 Å².